The van der Waals surface area contributed by atoms with Crippen molar-refractivity contribution in [2.24, 2.45) is 0 Å². The molecular formula is C14H23N5O3S. The third kappa shape index (κ3) is 3.32. The summed E-state index contributed by atoms with van der Waals surface area (Å²) >= 11 is 0. The molecule has 0 amide bonds. The molecule has 2 aliphatic rings. The quantitative estimate of drug-likeness (QED) is 0.735. The lowest BCUT2D eigenvalue weighted by molar-refractivity contribution is 0.299. The number of rotatable bonds is 4. The van der Waals surface area contributed by atoms with Crippen LogP contribution in [0.5, 0.6) is 0 Å². The van der Waals surface area contributed by atoms with E-state index in [-0.39, 0.29) is 12.1 Å². The van der Waals surface area contributed by atoms with Gasteiger partial charge in [-0.2, -0.15) is 17.0 Å². The summed E-state index contributed by atoms with van der Waals surface area (Å²) in [5, 5.41) is 0. The van der Waals surface area contributed by atoms with E-state index in [1.807, 2.05) is 0 Å². The van der Waals surface area contributed by atoms with Crippen LogP contribution in [-0.4, -0.2) is 65.2 Å². The minimum absolute atomic E-state index is 0.0916. The van der Waals surface area contributed by atoms with Gasteiger partial charge in [-0.25, -0.2) is 4.98 Å². The van der Waals surface area contributed by atoms with E-state index in [1.54, 1.807) is 10.6 Å². The zero-order chi connectivity index (χ0) is 16.6. The van der Waals surface area contributed by atoms with Crippen LogP contribution in [0.4, 0.5) is 0 Å². The fourth-order valence-electron chi connectivity index (χ4n) is 3.09. The first kappa shape index (κ1) is 16.6. The van der Waals surface area contributed by atoms with Crippen LogP contribution in [-0.2, 0) is 29.8 Å². The second-order valence-electron chi connectivity index (χ2n) is 6.26. The Morgan fingerprint density at radius 2 is 1.87 bits per heavy atom. The highest BCUT2D eigenvalue weighted by Gasteiger charge is 2.30. The summed E-state index contributed by atoms with van der Waals surface area (Å²) in [6, 6.07) is 1.58. The summed E-state index contributed by atoms with van der Waals surface area (Å²) < 4.78 is 28.7. The van der Waals surface area contributed by atoms with Gasteiger partial charge in [0.2, 0.25) is 0 Å². The van der Waals surface area contributed by atoms with E-state index in [1.165, 1.54) is 35.5 Å². The van der Waals surface area contributed by atoms with Gasteiger partial charge < -0.3 is 0 Å². The minimum Gasteiger partial charge on any atom is -0.298 e. The zero-order valence-electron chi connectivity index (χ0n) is 13.6. The first-order chi connectivity index (χ1) is 10.9. The van der Waals surface area contributed by atoms with Crippen LogP contribution < -0.4 is 5.56 Å². The van der Waals surface area contributed by atoms with Crippen molar-refractivity contribution in [3.05, 3.63) is 27.9 Å². The van der Waals surface area contributed by atoms with Gasteiger partial charge in [0, 0.05) is 39.8 Å². The van der Waals surface area contributed by atoms with Crippen molar-refractivity contribution in [2.45, 2.75) is 32.5 Å². The van der Waals surface area contributed by atoms with Crippen molar-refractivity contribution in [2.75, 3.05) is 33.7 Å². The second-order valence-corrected chi connectivity index (χ2v) is 8.40. The highest BCUT2D eigenvalue weighted by molar-refractivity contribution is 7.86. The lowest BCUT2D eigenvalue weighted by Gasteiger charge is -2.30. The lowest BCUT2D eigenvalue weighted by Crippen LogP contribution is -2.47. The Labute approximate surface area is 136 Å². The minimum atomic E-state index is -3.49. The van der Waals surface area contributed by atoms with Gasteiger partial charge in [0.05, 0.1) is 12.2 Å². The maximum Gasteiger partial charge on any atom is 0.281 e. The first-order valence-electron chi connectivity index (χ1n) is 7.87. The molecule has 0 spiro atoms. The molecule has 3 rings (SSSR count). The van der Waals surface area contributed by atoms with Crippen molar-refractivity contribution in [3.8, 4) is 0 Å². The Balaban J connectivity index is 1.85. The maximum absolute atomic E-state index is 12.3. The van der Waals surface area contributed by atoms with Crippen LogP contribution in [0, 0.1) is 0 Å². The summed E-state index contributed by atoms with van der Waals surface area (Å²) in [4.78, 5) is 19.1. The van der Waals surface area contributed by atoms with Crippen molar-refractivity contribution >= 4 is 10.2 Å². The molecule has 0 aliphatic carbocycles. The summed E-state index contributed by atoms with van der Waals surface area (Å²) in [6.45, 7) is 3.49. The Hall–Kier alpha value is -1.29. The highest BCUT2D eigenvalue weighted by atomic mass is 32.2. The van der Waals surface area contributed by atoms with Crippen LogP contribution in [0.15, 0.2) is 10.9 Å². The number of hydrogen-bond donors (Lipinski definition) is 0. The Bertz CT molecular complexity index is 737. The standard InChI is InChI=1S/C14H23N5O3S/c1-16(2)23(21,22)18-7-8-19-13(11-18)15-12(9-14(19)20)10-17-5-3-4-6-17/h9H,3-8,10-11H2,1-2H3. The predicted octanol–water partition coefficient (Wildman–Crippen LogP) is -0.539. The summed E-state index contributed by atoms with van der Waals surface area (Å²) in [6.07, 6.45) is 2.36. The van der Waals surface area contributed by atoms with Crippen molar-refractivity contribution in [1.29, 1.82) is 0 Å². The van der Waals surface area contributed by atoms with E-state index in [0.29, 0.717) is 25.5 Å². The third-order valence-electron chi connectivity index (χ3n) is 4.40. The predicted molar refractivity (Wildman–Crippen MR) is 86.0 cm³/mol. The number of likely N-dealkylation sites (tertiary alicyclic amines) is 1. The Kier molecular flexibility index (Phi) is 4.54. The summed E-state index contributed by atoms with van der Waals surface area (Å²) in [5.74, 6) is 0.531. The molecule has 0 atom stereocenters. The van der Waals surface area contributed by atoms with Crippen molar-refractivity contribution < 1.29 is 8.42 Å². The van der Waals surface area contributed by atoms with Gasteiger partial charge in [0.25, 0.3) is 15.8 Å². The molecule has 3 heterocycles. The summed E-state index contributed by atoms with van der Waals surface area (Å²) in [5.41, 5.74) is 0.637. The molecular weight excluding hydrogens is 318 g/mol. The number of aromatic nitrogens is 2. The van der Waals surface area contributed by atoms with E-state index in [9.17, 15) is 13.2 Å². The first-order valence-corrected chi connectivity index (χ1v) is 9.27. The fraction of sp³-hybridized carbons (Fsp3) is 0.714. The van der Waals surface area contributed by atoms with Gasteiger partial charge in [-0.1, -0.05) is 0 Å². The van der Waals surface area contributed by atoms with Crippen LogP contribution >= 0.6 is 0 Å². The molecule has 2 aliphatic heterocycles. The van der Waals surface area contributed by atoms with E-state index in [4.69, 9.17) is 0 Å². The molecule has 0 aromatic carbocycles. The third-order valence-corrected chi connectivity index (χ3v) is 6.29. The van der Waals surface area contributed by atoms with E-state index >= 15 is 0 Å². The molecule has 23 heavy (non-hydrogen) atoms. The SMILES string of the molecule is CN(C)S(=O)(=O)N1CCn2c(nc(CN3CCCC3)cc2=O)C1. The molecule has 8 nitrogen and oxygen atoms in total. The van der Waals surface area contributed by atoms with Gasteiger partial charge in [-0.3, -0.25) is 14.3 Å². The number of nitrogens with zero attached hydrogens (tertiary/aromatic N) is 5. The summed E-state index contributed by atoms with van der Waals surface area (Å²) in [7, 11) is -0.474. The molecule has 0 unspecified atom stereocenters. The number of fused-ring (bicyclic) bond motifs is 1. The molecule has 0 N–H and O–H groups in total. The van der Waals surface area contributed by atoms with Crippen LogP contribution in [0.1, 0.15) is 24.4 Å². The molecule has 0 radical (unpaired) electrons. The normalized spacial score (nSPS) is 20.1. The van der Waals surface area contributed by atoms with Crippen LogP contribution in [0.2, 0.25) is 0 Å². The topological polar surface area (TPSA) is 78.8 Å². The second kappa shape index (κ2) is 6.31. The Morgan fingerprint density at radius 3 is 2.52 bits per heavy atom. The monoisotopic (exact) mass is 341 g/mol. The molecule has 0 bridgehead atoms. The van der Waals surface area contributed by atoms with Crippen molar-refractivity contribution in [1.82, 2.24) is 23.1 Å². The maximum atomic E-state index is 12.3. The molecule has 1 aromatic rings. The van der Waals surface area contributed by atoms with E-state index < -0.39 is 10.2 Å². The molecule has 0 saturated carbocycles. The van der Waals surface area contributed by atoms with E-state index in [2.05, 4.69) is 9.88 Å². The molecule has 9 heteroatoms. The van der Waals surface area contributed by atoms with Gasteiger partial charge in [0.1, 0.15) is 5.82 Å². The van der Waals surface area contributed by atoms with Gasteiger partial charge in [-0.05, 0) is 25.9 Å². The van der Waals surface area contributed by atoms with Crippen LogP contribution in [0.3, 0.4) is 0 Å². The number of hydrogen-bond acceptors (Lipinski definition) is 5. The van der Waals surface area contributed by atoms with Gasteiger partial charge in [0.15, 0.2) is 0 Å². The molecule has 128 valence electrons. The highest BCUT2D eigenvalue weighted by Crippen LogP contribution is 2.16. The smallest absolute Gasteiger partial charge is 0.281 e. The lowest BCUT2D eigenvalue weighted by atomic mass is 10.3. The van der Waals surface area contributed by atoms with Crippen molar-refractivity contribution in [3.63, 3.8) is 0 Å². The largest absolute Gasteiger partial charge is 0.298 e. The van der Waals surface area contributed by atoms with Crippen LogP contribution in [0.25, 0.3) is 0 Å². The fourth-order valence-corrected chi connectivity index (χ4v) is 4.15. The van der Waals surface area contributed by atoms with E-state index in [0.717, 1.165) is 18.8 Å². The average Bonchev–Trinajstić information content (AvgIpc) is 2.99. The van der Waals surface area contributed by atoms with Gasteiger partial charge >= 0.3 is 0 Å². The molecule has 1 saturated heterocycles. The zero-order valence-corrected chi connectivity index (χ0v) is 14.4. The molecule has 1 fully saturated rings. The average molecular weight is 341 g/mol. The van der Waals surface area contributed by atoms with Gasteiger partial charge in [-0.15, -0.1) is 0 Å². The molecule has 1 aromatic heterocycles. The Morgan fingerprint density at radius 1 is 1.17 bits per heavy atom.